The number of benzene rings is 2. The number of fused-ring (bicyclic) bond motifs is 1. The molecule has 0 atom stereocenters. The third-order valence-corrected chi connectivity index (χ3v) is 5.86. The SMILES string of the molecule is COc1ccc(-c2cn3c(C)c(C(=O)Nc4cc(Cl)cc(Cl)c4)sc3n2)cc1. The van der Waals surface area contributed by atoms with Gasteiger partial charge < -0.3 is 10.1 Å². The molecular weight excluding hydrogens is 417 g/mol. The van der Waals surface area contributed by atoms with Crippen LogP contribution in [0.3, 0.4) is 0 Å². The van der Waals surface area contributed by atoms with Crippen molar-refractivity contribution in [3.05, 3.63) is 69.3 Å². The molecule has 2 aromatic heterocycles. The number of thiazole rings is 1. The highest BCUT2D eigenvalue weighted by Crippen LogP contribution is 2.29. The number of hydrogen-bond donors (Lipinski definition) is 1. The Bertz CT molecular complexity index is 1160. The van der Waals surface area contributed by atoms with Crippen LogP contribution < -0.4 is 10.1 Å². The number of methoxy groups -OCH3 is 1. The molecule has 0 aliphatic carbocycles. The molecule has 8 heteroatoms. The summed E-state index contributed by atoms with van der Waals surface area (Å²) in [5, 5.41) is 3.76. The lowest BCUT2D eigenvalue weighted by Gasteiger charge is -2.05. The van der Waals surface area contributed by atoms with E-state index in [0.29, 0.717) is 20.6 Å². The summed E-state index contributed by atoms with van der Waals surface area (Å²) in [6.07, 6.45) is 1.93. The number of halogens is 2. The zero-order valence-corrected chi connectivity index (χ0v) is 17.3. The van der Waals surface area contributed by atoms with Crippen molar-refractivity contribution in [2.24, 2.45) is 0 Å². The van der Waals surface area contributed by atoms with E-state index >= 15 is 0 Å². The molecule has 0 bridgehead atoms. The minimum Gasteiger partial charge on any atom is -0.497 e. The summed E-state index contributed by atoms with van der Waals surface area (Å²) in [6.45, 7) is 1.89. The van der Waals surface area contributed by atoms with E-state index in [-0.39, 0.29) is 5.91 Å². The molecule has 0 aliphatic rings. The second-order valence-electron chi connectivity index (χ2n) is 6.14. The van der Waals surface area contributed by atoms with E-state index in [1.807, 2.05) is 41.8 Å². The van der Waals surface area contributed by atoms with Crippen molar-refractivity contribution < 1.29 is 9.53 Å². The number of ether oxygens (including phenoxy) is 1. The average Bonchev–Trinajstić information content (AvgIpc) is 3.20. The number of aryl methyl sites for hydroxylation is 1. The Hall–Kier alpha value is -2.54. The normalized spacial score (nSPS) is 11.0. The molecule has 4 rings (SSSR count). The molecular formula is C20H15Cl2N3O2S. The lowest BCUT2D eigenvalue weighted by molar-refractivity contribution is 0.102. The molecule has 142 valence electrons. The van der Waals surface area contributed by atoms with E-state index < -0.39 is 0 Å². The molecule has 0 spiro atoms. The average molecular weight is 432 g/mol. The number of aromatic nitrogens is 2. The van der Waals surface area contributed by atoms with Gasteiger partial charge in [-0.1, -0.05) is 34.5 Å². The fourth-order valence-electron chi connectivity index (χ4n) is 2.88. The van der Waals surface area contributed by atoms with Gasteiger partial charge in [-0.05, 0) is 49.4 Å². The molecule has 0 unspecified atom stereocenters. The topological polar surface area (TPSA) is 55.6 Å². The maximum absolute atomic E-state index is 12.7. The van der Waals surface area contributed by atoms with Crippen LogP contribution >= 0.6 is 34.5 Å². The first-order chi connectivity index (χ1) is 13.4. The predicted molar refractivity (Wildman–Crippen MR) is 114 cm³/mol. The van der Waals surface area contributed by atoms with Crippen LogP contribution in [0.5, 0.6) is 5.75 Å². The number of hydrogen-bond acceptors (Lipinski definition) is 4. The van der Waals surface area contributed by atoms with E-state index in [0.717, 1.165) is 27.7 Å². The molecule has 0 aliphatic heterocycles. The first kappa shape index (κ1) is 18.8. The zero-order chi connectivity index (χ0) is 19.8. The Morgan fingerprint density at radius 1 is 1.14 bits per heavy atom. The largest absolute Gasteiger partial charge is 0.497 e. The third-order valence-electron chi connectivity index (χ3n) is 4.27. The van der Waals surface area contributed by atoms with Crippen molar-refractivity contribution in [1.82, 2.24) is 9.38 Å². The fraction of sp³-hybridized carbons (Fsp3) is 0.100. The number of nitrogens with one attached hydrogen (secondary N) is 1. The monoisotopic (exact) mass is 431 g/mol. The van der Waals surface area contributed by atoms with Crippen LogP contribution in [0.2, 0.25) is 10.0 Å². The highest BCUT2D eigenvalue weighted by molar-refractivity contribution is 7.19. The summed E-state index contributed by atoms with van der Waals surface area (Å²) in [5.41, 5.74) is 3.19. The van der Waals surface area contributed by atoms with Crippen molar-refractivity contribution in [1.29, 1.82) is 0 Å². The smallest absolute Gasteiger partial charge is 0.267 e. The van der Waals surface area contributed by atoms with Crippen molar-refractivity contribution in [2.45, 2.75) is 6.92 Å². The van der Waals surface area contributed by atoms with Crippen LogP contribution in [0.1, 0.15) is 15.4 Å². The van der Waals surface area contributed by atoms with Gasteiger partial charge >= 0.3 is 0 Å². The van der Waals surface area contributed by atoms with Crippen LogP contribution in [-0.2, 0) is 0 Å². The van der Waals surface area contributed by atoms with E-state index in [1.54, 1.807) is 25.3 Å². The Morgan fingerprint density at radius 2 is 1.82 bits per heavy atom. The van der Waals surface area contributed by atoms with Gasteiger partial charge in [-0.25, -0.2) is 4.98 Å². The number of imidazole rings is 1. The summed E-state index contributed by atoms with van der Waals surface area (Å²) < 4.78 is 7.11. The quantitative estimate of drug-likeness (QED) is 0.434. The minimum absolute atomic E-state index is 0.225. The molecule has 2 aromatic carbocycles. The molecule has 2 heterocycles. The number of nitrogens with zero attached hydrogens (tertiary/aromatic N) is 2. The highest BCUT2D eigenvalue weighted by Gasteiger charge is 2.18. The van der Waals surface area contributed by atoms with Crippen molar-refractivity contribution in [2.75, 3.05) is 12.4 Å². The predicted octanol–water partition coefficient (Wildman–Crippen LogP) is 5.94. The van der Waals surface area contributed by atoms with Gasteiger partial charge in [0.2, 0.25) is 0 Å². The Kier molecular flexibility index (Phi) is 5.02. The van der Waals surface area contributed by atoms with Crippen LogP contribution in [-0.4, -0.2) is 22.4 Å². The lowest BCUT2D eigenvalue weighted by atomic mass is 10.2. The summed E-state index contributed by atoms with van der Waals surface area (Å²) in [4.78, 5) is 18.7. The standard InChI is InChI=1S/C20H15Cl2N3O2S/c1-11-18(19(26)23-15-8-13(21)7-14(22)9-15)28-20-24-17(10-25(11)20)12-3-5-16(27-2)6-4-12/h3-10H,1-2H3,(H,23,26). The van der Waals surface area contributed by atoms with E-state index in [9.17, 15) is 4.79 Å². The van der Waals surface area contributed by atoms with Crippen molar-refractivity contribution >= 4 is 51.1 Å². The Balaban J connectivity index is 1.62. The highest BCUT2D eigenvalue weighted by atomic mass is 35.5. The van der Waals surface area contributed by atoms with Gasteiger partial charge in [-0.3, -0.25) is 9.20 Å². The molecule has 1 amide bonds. The van der Waals surface area contributed by atoms with Crippen molar-refractivity contribution in [3.63, 3.8) is 0 Å². The molecule has 0 saturated heterocycles. The Morgan fingerprint density at radius 3 is 2.43 bits per heavy atom. The van der Waals surface area contributed by atoms with Crippen molar-refractivity contribution in [3.8, 4) is 17.0 Å². The summed E-state index contributed by atoms with van der Waals surface area (Å²) in [7, 11) is 1.63. The van der Waals surface area contributed by atoms with Gasteiger partial charge in [-0.2, -0.15) is 0 Å². The molecule has 0 saturated carbocycles. The number of carbonyl (C=O) groups is 1. The van der Waals surface area contributed by atoms with Gasteiger partial charge in [0, 0.05) is 33.2 Å². The first-order valence-corrected chi connectivity index (χ1v) is 9.92. The number of rotatable bonds is 4. The molecule has 28 heavy (non-hydrogen) atoms. The summed E-state index contributed by atoms with van der Waals surface area (Å²) >= 11 is 13.3. The third kappa shape index (κ3) is 3.58. The molecule has 0 fully saturated rings. The summed E-state index contributed by atoms with van der Waals surface area (Å²) in [6, 6.07) is 12.6. The second kappa shape index (κ2) is 7.47. The van der Waals surface area contributed by atoms with Gasteiger partial charge in [0.15, 0.2) is 4.96 Å². The molecule has 1 N–H and O–H groups in total. The second-order valence-corrected chi connectivity index (χ2v) is 7.99. The van der Waals surface area contributed by atoms with E-state index in [2.05, 4.69) is 10.3 Å². The van der Waals surface area contributed by atoms with Crippen LogP contribution in [0.25, 0.3) is 16.2 Å². The minimum atomic E-state index is -0.225. The van der Waals surface area contributed by atoms with E-state index in [1.165, 1.54) is 11.3 Å². The number of carbonyl (C=O) groups excluding carboxylic acids is 1. The summed E-state index contributed by atoms with van der Waals surface area (Å²) in [5.74, 6) is 0.568. The van der Waals surface area contributed by atoms with Gasteiger partial charge in [-0.15, -0.1) is 0 Å². The molecule has 4 aromatic rings. The maximum Gasteiger partial charge on any atom is 0.267 e. The molecule has 0 radical (unpaired) electrons. The number of amides is 1. The van der Waals surface area contributed by atoms with Gasteiger partial charge in [0.1, 0.15) is 10.6 Å². The van der Waals surface area contributed by atoms with Gasteiger partial charge in [0.05, 0.1) is 12.8 Å². The van der Waals surface area contributed by atoms with Gasteiger partial charge in [0.25, 0.3) is 5.91 Å². The fourth-order valence-corrected chi connectivity index (χ4v) is 4.41. The first-order valence-electron chi connectivity index (χ1n) is 8.35. The van der Waals surface area contributed by atoms with Crippen LogP contribution in [0.15, 0.2) is 48.7 Å². The molecule has 5 nitrogen and oxygen atoms in total. The number of anilines is 1. The van der Waals surface area contributed by atoms with Crippen LogP contribution in [0.4, 0.5) is 5.69 Å². The zero-order valence-electron chi connectivity index (χ0n) is 15.0. The lowest BCUT2D eigenvalue weighted by Crippen LogP contribution is -2.11. The van der Waals surface area contributed by atoms with E-state index in [4.69, 9.17) is 27.9 Å². The van der Waals surface area contributed by atoms with Crippen LogP contribution in [0, 0.1) is 6.92 Å². The maximum atomic E-state index is 12.7. The Labute approximate surface area is 175 Å².